The summed E-state index contributed by atoms with van der Waals surface area (Å²) < 4.78 is 16.2. The highest BCUT2D eigenvalue weighted by Gasteiger charge is 2.14. The smallest absolute Gasteiger partial charge is 0.278 e. The van der Waals surface area contributed by atoms with Gasteiger partial charge < -0.3 is 14.2 Å². The summed E-state index contributed by atoms with van der Waals surface area (Å²) in [5.41, 5.74) is 5.38. The molecule has 0 saturated heterocycles. The van der Waals surface area contributed by atoms with E-state index in [2.05, 4.69) is 15.5 Å². The summed E-state index contributed by atoms with van der Waals surface area (Å²) in [4.78, 5) is 26.5. The topological polar surface area (TPSA) is 149 Å². The van der Waals surface area contributed by atoms with Crippen LogP contribution in [0.5, 0.6) is 11.6 Å². The quantitative estimate of drug-likeness (QED) is 0.245. The van der Waals surface area contributed by atoms with Gasteiger partial charge in [-0.25, -0.2) is 10.4 Å². The van der Waals surface area contributed by atoms with Crippen LogP contribution in [0.15, 0.2) is 59.7 Å². The van der Waals surface area contributed by atoms with E-state index in [1.165, 1.54) is 25.5 Å². The molecule has 0 atom stereocenters. The highest BCUT2D eigenvalue weighted by molar-refractivity contribution is 5.83. The Morgan fingerprint density at radius 3 is 2.53 bits per heavy atom. The van der Waals surface area contributed by atoms with Gasteiger partial charge >= 0.3 is 0 Å². The van der Waals surface area contributed by atoms with Crippen LogP contribution in [0.3, 0.4) is 0 Å². The maximum Gasteiger partial charge on any atom is 0.278 e. The predicted molar refractivity (Wildman–Crippen MR) is 130 cm³/mol. The first-order chi connectivity index (χ1) is 17.4. The number of carbonyl (C=O) groups is 1. The molecule has 0 aliphatic carbocycles. The zero-order valence-electron chi connectivity index (χ0n) is 19.6. The van der Waals surface area contributed by atoms with E-state index in [0.717, 1.165) is 11.1 Å². The van der Waals surface area contributed by atoms with E-state index >= 15 is 0 Å². The second kappa shape index (κ2) is 12.6. The van der Waals surface area contributed by atoms with Gasteiger partial charge in [-0.05, 0) is 60.5 Å². The number of hydrazone groups is 1. The third kappa shape index (κ3) is 7.34. The summed E-state index contributed by atoms with van der Waals surface area (Å²) in [6.45, 7) is 1.87. The minimum absolute atomic E-state index is 0.0241. The molecule has 0 radical (unpaired) electrons. The van der Waals surface area contributed by atoms with Crippen LogP contribution < -0.4 is 14.9 Å². The van der Waals surface area contributed by atoms with Crippen molar-refractivity contribution in [3.05, 3.63) is 92.7 Å². The molecule has 0 aliphatic heterocycles. The Kier molecular flexibility index (Phi) is 9.02. The zero-order valence-corrected chi connectivity index (χ0v) is 19.6. The van der Waals surface area contributed by atoms with E-state index in [0.29, 0.717) is 17.0 Å². The molecule has 11 nitrogen and oxygen atoms in total. The molecular weight excluding hydrogens is 466 g/mol. The average molecular weight is 489 g/mol. The van der Waals surface area contributed by atoms with Crippen molar-refractivity contribution in [2.24, 2.45) is 5.10 Å². The molecule has 0 fully saturated rings. The number of hydrogen-bond acceptors (Lipinski definition) is 9. The lowest BCUT2D eigenvalue weighted by atomic mass is 10.1. The lowest BCUT2D eigenvalue weighted by Gasteiger charge is -2.10. The van der Waals surface area contributed by atoms with Gasteiger partial charge in [0.1, 0.15) is 24.0 Å². The number of nitrogens with one attached hydrogen (secondary N) is 1. The van der Waals surface area contributed by atoms with Gasteiger partial charge in [0.05, 0.1) is 17.7 Å². The molecule has 1 amide bonds. The number of rotatable bonds is 11. The maximum atomic E-state index is 12.1. The van der Waals surface area contributed by atoms with Crippen LogP contribution in [0.2, 0.25) is 0 Å². The second-order valence-corrected chi connectivity index (χ2v) is 7.51. The Hall–Kier alpha value is -4.82. The standard InChI is InChI=1S/C25H23N5O6/c1-17-11-20(15-34-2)23(12-26)25(28-17)36-16-24(31)29-27-13-18-5-9-22(10-6-18)35-14-19-3-7-21(8-4-19)30(32)33/h3-11,13H,14-16H2,1-2H3,(H,29,31)/b27-13-. The fourth-order valence-corrected chi connectivity index (χ4v) is 3.08. The monoisotopic (exact) mass is 489 g/mol. The third-order valence-corrected chi connectivity index (χ3v) is 4.78. The molecule has 1 heterocycles. The normalized spacial score (nSPS) is 10.6. The molecular formula is C25H23N5O6. The van der Waals surface area contributed by atoms with Crippen LogP contribution in [0.4, 0.5) is 5.69 Å². The maximum absolute atomic E-state index is 12.1. The number of nitro benzene ring substituents is 1. The first-order valence-electron chi connectivity index (χ1n) is 10.7. The number of pyridine rings is 1. The first-order valence-corrected chi connectivity index (χ1v) is 10.7. The number of methoxy groups -OCH3 is 1. The number of nitrogens with zero attached hydrogens (tertiary/aromatic N) is 4. The highest BCUT2D eigenvalue weighted by atomic mass is 16.6. The van der Waals surface area contributed by atoms with Gasteiger partial charge in [-0.1, -0.05) is 0 Å². The summed E-state index contributed by atoms with van der Waals surface area (Å²) >= 11 is 0. The van der Waals surface area contributed by atoms with Crippen LogP contribution in [0.1, 0.15) is 27.9 Å². The van der Waals surface area contributed by atoms with Gasteiger partial charge in [-0.3, -0.25) is 14.9 Å². The van der Waals surface area contributed by atoms with Gasteiger partial charge in [0.15, 0.2) is 6.61 Å². The van der Waals surface area contributed by atoms with Crippen molar-refractivity contribution >= 4 is 17.8 Å². The van der Waals surface area contributed by atoms with E-state index in [-0.39, 0.29) is 37.0 Å². The fourth-order valence-electron chi connectivity index (χ4n) is 3.08. The number of nitro groups is 1. The number of ether oxygens (including phenoxy) is 3. The SMILES string of the molecule is COCc1cc(C)nc(OCC(=O)N/N=C\c2ccc(OCc3ccc([N+](=O)[O-])cc3)cc2)c1C#N. The lowest BCUT2D eigenvalue weighted by molar-refractivity contribution is -0.384. The average Bonchev–Trinajstić information content (AvgIpc) is 2.87. The number of benzene rings is 2. The van der Waals surface area contributed by atoms with E-state index in [1.54, 1.807) is 49.4 Å². The first kappa shape index (κ1) is 25.8. The largest absolute Gasteiger partial charge is 0.489 e. The highest BCUT2D eigenvalue weighted by Crippen LogP contribution is 2.21. The van der Waals surface area contributed by atoms with Crippen LogP contribution in [0.25, 0.3) is 0 Å². The van der Waals surface area contributed by atoms with E-state index < -0.39 is 10.8 Å². The lowest BCUT2D eigenvalue weighted by Crippen LogP contribution is -2.25. The summed E-state index contributed by atoms with van der Waals surface area (Å²) in [7, 11) is 1.52. The Bertz CT molecular complexity index is 1280. The van der Waals surface area contributed by atoms with Crippen molar-refractivity contribution in [3.63, 3.8) is 0 Å². The molecule has 0 aliphatic rings. The Balaban J connectivity index is 1.48. The molecule has 3 aromatic rings. The number of amides is 1. The van der Waals surface area contributed by atoms with Crippen molar-refractivity contribution in [2.45, 2.75) is 20.1 Å². The summed E-state index contributed by atoms with van der Waals surface area (Å²) in [6.07, 6.45) is 1.46. The molecule has 1 N–H and O–H groups in total. The number of carbonyl (C=O) groups excluding carboxylic acids is 1. The molecule has 2 aromatic carbocycles. The molecule has 0 spiro atoms. The number of aromatic nitrogens is 1. The number of nitriles is 1. The van der Waals surface area contributed by atoms with Crippen LogP contribution in [-0.2, 0) is 22.7 Å². The fraction of sp³-hybridized carbons (Fsp3) is 0.200. The van der Waals surface area contributed by atoms with Gasteiger partial charge in [0, 0.05) is 30.5 Å². The van der Waals surface area contributed by atoms with Crippen molar-refractivity contribution in [1.29, 1.82) is 5.26 Å². The molecule has 0 saturated carbocycles. The third-order valence-electron chi connectivity index (χ3n) is 4.78. The van der Waals surface area contributed by atoms with Crippen molar-refractivity contribution in [1.82, 2.24) is 10.4 Å². The van der Waals surface area contributed by atoms with Gasteiger partial charge in [0.25, 0.3) is 11.6 Å². The Morgan fingerprint density at radius 2 is 1.89 bits per heavy atom. The number of aryl methyl sites for hydroxylation is 1. The number of hydrogen-bond donors (Lipinski definition) is 1. The van der Waals surface area contributed by atoms with E-state index in [9.17, 15) is 20.2 Å². The van der Waals surface area contributed by atoms with E-state index in [1.807, 2.05) is 6.07 Å². The van der Waals surface area contributed by atoms with Gasteiger partial charge in [0.2, 0.25) is 5.88 Å². The molecule has 0 bridgehead atoms. The molecule has 11 heteroatoms. The summed E-state index contributed by atoms with van der Waals surface area (Å²) in [5, 5.41) is 24.0. The van der Waals surface area contributed by atoms with Crippen molar-refractivity contribution in [3.8, 4) is 17.7 Å². The minimum Gasteiger partial charge on any atom is -0.489 e. The Labute approximate surface area is 207 Å². The summed E-state index contributed by atoms with van der Waals surface area (Å²) in [5.74, 6) is 0.150. The van der Waals surface area contributed by atoms with Crippen LogP contribution in [0, 0.1) is 28.4 Å². The van der Waals surface area contributed by atoms with Gasteiger partial charge in [-0.15, -0.1) is 0 Å². The van der Waals surface area contributed by atoms with Crippen molar-refractivity contribution in [2.75, 3.05) is 13.7 Å². The van der Waals surface area contributed by atoms with Crippen molar-refractivity contribution < 1.29 is 23.9 Å². The van der Waals surface area contributed by atoms with E-state index in [4.69, 9.17) is 14.2 Å². The van der Waals surface area contributed by atoms with Crippen LogP contribution in [-0.4, -0.2) is 35.7 Å². The second-order valence-electron chi connectivity index (χ2n) is 7.51. The Morgan fingerprint density at radius 1 is 1.17 bits per heavy atom. The minimum atomic E-state index is -0.519. The molecule has 36 heavy (non-hydrogen) atoms. The molecule has 1 aromatic heterocycles. The predicted octanol–water partition coefficient (Wildman–Crippen LogP) is 3.42. The van der Waals surface area contributed by atoms with Gasteiger partial charge in [-0.2, -0.15) is 10.4 Å². The molecule has 184 valence electrons. The number of non-ortho nitro benzene ring substituents is 1. The zero-order chi connectivity index (χ0) is 25.9. The summed E-state index contributed by atoms with van der Waals surface area (Å²) in [6, 6.07) is 16.9. The molecule has 3 rings (SSSR count). The molecule has 0 unspecified atom stereocenters. The van der Waals surface area contributed by atoms with Crippen LogP contribution >= 0.6 is 0 Å².